The summed E-state index contributed by atoms with van der Waals surface area (Å²) in [6.07, 6.45) is 3.82. The summed E-state index contributed by atoms with van der Waals surface area (Å²) < 4.78 is 3.66. The molecule has 0 aliphatic rings. The van der Waals surface area contributed by atoms with Crippen LogP contribution < -0.4 is 5.73 Å². The first-order chi connectivity index (χ1) is 8.15. The molecular formula is C12H13N5. The molecule has 1 aromatic carbocycles. The van der Waals surface area contributed by atoms with Crippen LogP contribution in [0.2, 0.25) is 0 Å². The topological polar surface area (TPSA) is 61.7 Å². The van der Waals surface area contributed by atoms with Crippen LogP contribution in [0.5, 0.6) is 0 Å². The van der Waals surface area contributed by atoms with Crippen LogP contribution in [0.1, 0.15) is 0 Å². The van der Waals surface area contributed by atoms with Crippen LogP contribution in [0.15, 0.2) is 30.6 Å². The number of anilines is 1. The molecule has 0 aliphatic carbocycles. The molecule has 2 aromatic heterocycles. The Morgan fingerprint density at radius 3 is 2.71 bits per heavy atom. The van der Waals surface area contributed by atoms with Gasteiger partial charge in [0.2, 0.25) is 5.95 Å². The number of nitrogen functional groups attached to an aromatic ring is 1. The Balaban J connectivity index is 2.20. The summed E-state index contributed by atoms with van der Waals surface area (Å²) in [5.74, 6) is 0.531. The Hall–Kier alpha value is -2.30. The van der Waals surface area contributed by atoms with Crippen LogP contribution in [0.25, 0.3) is 22.2 Å². The van der Waals surface area contributed by atoms with E-state index in [4.69, 9.17) is 5.73 Å². The quantitative estimate of drug-likeness (QED) is 0.686. The molecule has 0 amide bonds. The Morgan fingerprint density at radius 2 is 2.00 bits per heavy atom. The van der Waals surface area contributed by atoms with Crippen molar-refractivity contribution < 1.29 is 0 Å². The SMILES string of the molecule is Cn1cc(-c2ccc3c(c2)nc(N)n3C)cn1. The number of aromatic nitrogens is 4. The maximum Gasteiger partial charge on any atom is 0.200 e. The second kappa shape index (κ2) is 3.35. The van der Waals surface area contributed by atoms with Gasteiger partial charge in [0.15, 0.2) is 0 Å². The number of nitrogens with two attached hydrogens (primary N) is 1. The summed E-state index contributed by atoms with van der Waals surface area (Å²) >= 11 is 0. The number of hydrogen-bond acceptors (Lipinski definition) is 3. The molecule has 0 fully saturated rings. The fourth-order valence-corrected chi connectivity index (χ4v) is 1.97. The van der Waals surface area contributed by atoms with Crippen molar-refractivity contribution in [1.29, 1.82) is 0 Å². The van der Waals surface area contributed by atoms with Crippen molar-refractivity contribution in [3.05, 3.63) is 30.6 Å². The number of imidazole rings is 1. The van der Waals surface area contributed by atoms with E-state index in [2.05, 4.69) is 16.1 Å². The van der Waals surface area contributed by atoms with Gasteiger partial charge in [0.1, 0.15) is 0 Å². The Morgan fingerprint density at radius 1 is 1.18 bits per heavy atom. The van der Waals surface area contributed by atoms with Crippen LogP contribution in [-0.4, -0.2) is 19.3 Å². The highest BCUT2D eigenvalue weighted by atomic mass is 15.2. The lowest BCUT2D eigenvalue weighted by atomic mass is 10.1. The Kier molecular flexibility index (Phi) is 1.95. The maximum absolute atomic E-state index is 5.78. The van der Waals surface area contributed by atoms with E-state index in [9.17, 15) is 0 Å². The number of aryl methyl sites for hydroxylation is 2. The zero-order valence-electron chi connectivity index (χ0n) is 9.75. The Bertz CT molecular complexity index is 692. The molecule has 0 radical (unpaired) electrons. The number of rotatable bonds is 1. The van der Waals surface area contributed by atoms with E-state index in [0.29, 0.717) is 5.95 Å². The highest BCUT2D eigenvalue weighted by molar-refractivity contribution is 5.83. The summed E-state index contributed by atoms with van der Waals surface area (Å²) in [6, 6.07) is 6.12. The van der Waals surface area contributed by atoms with Gasteiger partial charge in [-0.05, 0) is 17.7 Å². The van der Waals surface area contributed by atoms with Gasteiger partial charge in [-0.15, -0.1) is 0 Å². The van der Waals surface area contributed by atoms with E-state index in [1.54, 1.807) is 4.68 Å². The largest absolute Gasteiger partial charge is 0.369 e. The number of hydrogen-bond donors (Lipinski definition) is 1. The molecule has 0 aliphatic heterocycles. The van der Waals surface area contributed by atoms with Gasteiger partial charge in [0, 0.05) is 25.9 Å². The van der Waals surface area contributed by atoms with Crippen LogP contribution >= 0.6 is 0 Å². The number of fused-ring (bicyclic) bond motifs is 1. The van der Waals surface area contributed by atoms with Gasteiger partial charge < -0.3 is 10.3 Å². The molecule has 3 rings (SSSR count). The number of benzene rings is 1. The molecule has 0 saturated heterocycles. The highest BCUT2D eigenvalue weighted by Gasteiger charge is 2.07. The van der Waals surface area contributed by atoms with Crippen molar-refractivity contribution >= 4 is 17.0 Å². The summed E-state index contributed by atoms with van der Waals surface area (Å²) in [7, 11) is 3.81. The summed E-state index contributed by atoms with van der Waals surface area (Å²) in [6.45, 7) is 0. The van der Waals surface area contributed by atoms with Crippen molar-refractivity contribution in [1.82, 2.24) is 19.3 Å². The fourth-order valence-electron chi connectivity index (χ4n) is 1.97. The third-order valence-electron chi connectivity index (χ3n) is 2.95. The molecule has 5 nitrogen and oxygen atoms in total. The van der Waals surface area contributed by atoms with E-state index < -0.39 is 0 Å². The van der Waals surface area contributed by atoms with Crippen molar-refractivity contribution in [3.8, 4) is 11.1 Å². The van der Waals surface area contributed by atoms with E-state index in [-0.39, 0.29) is 0 Å². The van der Waals surface area contributed by atoms with Crippen molar-refractivity contribution in [3.63, 3.8) is 0 Å². The fraction of sp³-hybridized carbons (Fsp3) is 0.167. The minimum absolute atomic E-state index is 0.531. The van der Waals surface area contributed by atoms with Crippen molar-refractivity contribution in [2.75, 3.05) is 5.73 Å². The normalized spacial score (nSPS) is 11.2. The summed E-state index contributed by atoms with van der Waals surface area (Å²) in [5.41, 5.74) is 9.91. The lowest BCUT2D eigenvalue weighted by Crippen LogP contribution is -1.95. The predicted molar refractivity (Wildman–Crippen MR) is 67.3 cm³/mol. The summed E-state index contributed by atoms with van der Waals surface area (Å²) in [4.78, 5) is 4.32. The van der Waals surface area contributed by atoms with Crippen LogP contribution in [0.4, 0.5) is 5.95 Å². The van der Waals surface area contributed by atoms with Crippen LogP contribution in [0.3, 0.4) is 0 Å². The van der Waals surface area contributed by atoms with Crippen LogP contribution in [0, 0.1) is 0 Å². The second-order valence-corrected chi connectivity index (χ2v) is 4.14. The molecule has 0 unspecified atom stereocenters. The molecular weight excluding hydrogens is 214 g/mol. The highest BCUT2D eigenvalue weighted by Crippen LogP contribution is 2.24. The van der Waals surface area contributed by atoms with E-state index in [0.717, 1.165) is 22.2 Å². The molecule has 86 valence electrons. The van der Waals surface area contributed by atoms with Crippen molar-refractivity contribution in [2.45, 2.75) is 0 Å². The number of nitrogens with zero attached hydrogens (tertiary/aromatic N) is 4. The van der Waals surface area contributed by atoms with Gasteiger partial charge in [-0.1, -0.05) is 6.07 Å². The molecule has 2 N–H and O–H groups in total. The van der Waals surface area contributed by atoms with Gasteiger partial charge in [-0.25, -0.2) is 4.98 Å². The molecule has 0 saturated carbocycles. The van der Waals surface area contributed by atoms with Gasteiger partial charge in [-0.3, -0.25) is 4.68 Å². The first-order valence-electron chi connectivity index (χ1n) is 5.36. The second-order valence-electron chi connectivity index (χ2n) is 4.14. The minimum Gasteiger partial charge on any atom is -0.369 e. The first-order valence-corrected chi connectivity index (χ1v) is 5.36. The average molecular weight is 227 g/mol. The minimum atomic E-state index is 0.531. The first kappa shape index (κ1) is 9.89. The zero-order chi connectivity index (χ0) is 12.0. The van der Waals surface area contributed by atoms with Gasteiger partial charge in [0.25, 0.3) is 0 Å². The molecule has 5 heteroatoms. The lowest BCUT2D eigenvalue weighted by Gasteiger charge is -1.98. The molecule has 0 bridgehead atoms. The molecule has 3 aromatic rings. The van der Waals surface area contributed by atoms with Crippen molar-refractivity contribution in [2.24, 2.45) is 14.1 Å². The van der Waals surface area contributed by atoms with Gasteiger partial charge >= 0.3 is 0 Å². The smallest absolute Gasteiger partial charge is 0.200 e. The van der Waals surface area contributed by atoms with Crippen LogP contribution in [-0.2, 0) is 14.1 Å². The molecule has 2 heterocycles. The summed E-state index contributed by atoms with van der Waals surface area (Å²) in [5, 5.41) is 4.16. The van der Waals surface area contributed by atoms with E-state index in [1.165, 1.54) is 0 Å². The molecule has 0 spiro atoms. The third-order valence-corrected chi connectivity index (χ3v) is 2.95. The average Bonchev–Trinajstić information content (AvgIpc) is 2.85. The third kappa shape index (κ3) is 1.47. The molecule has 17 heavy (non-hydrogen) atoms. The standard InChI is InChI=1S/C12H13N5/c1-16-7-9(6-14-16)8-3-4-11-10(5-8)15-12(13)17(11)2/h3-7H,1-2H3,(H2,13,15). The molecule has 0 atom stereocenters. The monoisotopic (exact) mass is 227 g/mol. The predicted octanol–water partition coefficient (Wildman–Crippen LogP) is 1.56. The van der Waals surface area contributed by atoms with E-state index >= 15 is 0 Å². The van der Waals surface area contributed by atoms with Gasteiger partial charge in [-0.2, -0.15) is 5.10 Å². The maximum atomic E-state index is 5.78. The Labute approximate surface area is 98.5 Å². The van der Waals surface area contributed by atoms with E-state index in [1.807, 2.05) is 43.2 Å². The zero-order valence-corrected chi connectivity index (χ0v) is 9.75. The van der Waals surface area contributed by atoms with Gasteiger partial charge in [0.05, 0.1) is 17.2 Å². The lowest BCUT2D eigenvalue weighted by molar-refractivity contribution is 0.768.